The van der Waals surface area contributed by atoms with E-state index in [-0.39, 0.29) is 4.90 Å². The molecule has 20 heavy (non-hydrogen) atoms. The number of nitrogens with zero attached hydrogens (tertiary/aromatic N) is 1. The van der Waals surface area contributed by atoms with E-state index in [1.165, 1.54) is 12.1 Å². The lowest BCUT2D eigenvalue weighted by Crippen LogP contribution is -2.11. The van der Waals surface area contributed by atoms with Crippen molar-refractivity contribution in [1.82, 2.24) is 0 Å². The number of aliphatic imine (C=N–C) groups is 1. The third-order valence-corrected chi connectivity index (χ3v) is 3.97. The topological polar surface area (TPSA) is 72.5 Å². The lowest BCUT2D eigenvalue weighted by atomic mass is 10.2. The fraction of sp³-hybridized carbons (Fsp3) is 0. The SMILES string of the molecule is NS(=O)(=O)c1ccc(N=Cc2ccc(Cl)cc2Cl)cc1. The maximum Gasteiger partial charge on any atom is 0.238 e. The zero-order valence-corrected chi connectivity index (χ0v) is 12.5. The Bertz CT molecular complexity index is 756. The molecule has 0 fully saturated rings. The molecule has 0 aromatic heterocycles. The summed E-state index contributed by atoms with van der Waals surface area (Å²) in [5.41, 5.74) is 1.30. The lowest BCUT2D eigenvalue weighted by molar-refractivity contribution is 0.598. The van der Waals surface area contributed by atoms with Crippen LogP contribution in [-0.4, -0.2) is 14.6 Å². The third-order valence-electron chi connectivity index (χ3n) is 2.48. The van der Waals surface area contributed by atoms with E-state index in [2.05, 4.69) is 4.99 Å². The van der Waals surface area contributed by atoms with Gasteiger partial charge in [-0.2, -0.15) is 0 Å². The number of halogens is 2. The Morgan fingerprint density at radius 1 is 1.05 bits per heavy atom. The summed E-state index contributed by atoms with van der Waals surface area (Å²) in [6.07, 6.45) is 1.57. The van der Waals surface area contributed by atoms with Crippen LogP contribution in [0.5, 0.6) is 0 Å². The van der Waals surface area contributed by atoms with E-state index >= 15 is 0 Å². The highest BCUT2D eigenvalue weighted by atomic mass is 35.5. The molecule has 0 heterocycles. The van der Waals surface area contributed by atoms with Crippen LogP contribution in [0.15, 0.2) is 52.4 Å². The average Bonchev–Trinajstić information content (AvgIpc) is 2.37. The maximum atomic E-state index is 11.1. The first-order valence-electron chi connectivity index (χ1n) is 5.48. The molecule has 0 radical (unpaired) electrons. The van der Waals surface area contributed by atoms with Crippen molar-refractivity contribution in [3.63, 3.8) is 0 Å². The van der Waals surface area contributed by atoms with Gasteiger partial charge in [0.25, 0.3) is 0 Å². The number of benzene rings is 2. The Morgan fingerprint density at radius 2 is 1.70 bits per heavy atom. The van der Waals surface area contributed by atoms with Gasteiger partial charge in [0, 0.05) is 16.8 Å². The lowest BCUT2D eigenvalue weighted by Gasteiger charge is -2.00. The van der Waals surface area contributed by atoms with E-state index in [0.29, 0.717) is 21.3 Å². The molecule has 104 valence electrons. The minimum Gasteiger partial charge on any atom is -0.256 e. The van der Waals surface area contributed by atoms with Crippen LogP contribution >= 0.6 is 23.2 Å². The van der Waals surface area contributed by atoms with Gasteiger partial charge in [-0.1, -0.05) is 29.3 Å². The summed E-state index contributed by atoms with van der Waals surface area (Å²) in [6.45, 7) is 0. The van der Waals surface area contributed by atoms with E-state index < -0.39 is 10.0 Å². The average molecular weight is 329 g/mol. The number of nitrogens with two attached hydrogens (primary N) is 1. The second-order valence-electron chi connectivity index (χ2n) is 3.96. The zero-order valence-electron chi connectivity index (χ0n) is 10.1. The van der Waals surface area contributed by atoms with Crippen LogP contribution in [-0.2, 0) is 10.0 Å². The number of hydrogen-bond acceptors (Lipinski definition) is 3. The minimum atomic E-state index is -3.69. The molecule has 0 bridgehead atoms. The predicted octanol–water partition coefficient (Wildman–Crippen LogP) is 3.39. The first kappa shape index (κ1) is 15.0. The van der Waals surface area contributed by atoms with Gasteiger partial charge >= 0.3 is 0 Å². The number of sulfonamides is 1. The van der Waals surface area contributed by atoms with Gasteiger partial charge in [0.2, 0.25) is 10.0 Å². The standard InChI is InChI=1S/C13H10Cl2N2O2S/c14-10-2-1-9(13(15)7-10)8-17-11-3-5-12(6-4-11)20(16,18)19/h1-8H,(H2,16,18,19). The van der Waals surface area contributed by atoms with Crippen LogP contribution in [0.1, 0.15) is 5.56 Å². The number of rotatable bonds is 3. The summed E-state index contributed by atoms with van der Waals surface area (Å²) in [5.74, 6) is 0. The molecular weight excluding hydrogens is 319 g/mol. The monoisotopic (exact) mass is 328 g/mol. The van der Waals surface area contributed by atoms with Crippen LogP contribution in [0.25, 0.3) is 0 Å². The summed E-state index contributed by atoms with van der Waals surface area (Å²) >= 11 is 11.8. The van der Waals surface area contributed by atoms with Gasteiger partial charge < -0.3 is 0 Å². The molecule has 0 unspecified atom stereocenters. The van der Waals surface area contributed by atoms with Crippen LogP contribution in [0.4, 0.5) is 5.69 Å². The Morgan fingerprint density at radius 3 is 2.25 bits per heavy atom. The molecule has 2 rings (SSSR count). The van der Waals surface area contributed by atoms with E-state index in [0.717, 1.165) is 0 Å². The summed E-state index contributed by atoms with van der Waals surface area (Å²) in [7, 11) is -3.69. The molecule has 4 nitrogen and oxygen atoms in total. The van der Waals surface area contributed by atoms with Crippen molar-refractivity contribution in [3.8, 4) is 0 Å². The van der Waals surface area contributed by atoms with E-state index in [4.69, 9.17) is 28.3 Å². The van der Waals surface area contributed by atoms with Crippen LogP contribution in [0, 0.1) is 0 Å². The molecule has 0 atom stereocenters. The maximum absolute atomic E-state index is 11.1. The molecular formula is C13H10Cl2N2O2S. The van der Waals surface area contributed by atoms with Crippen molar-refractivity contribution < 1.29 is 8.42 Å². The second kappa shape index (κ2) is 5.93. The van der Waals surface area contributed by atoms with E-state index in [1.54, 1.807) is 36.5 Å². The molecule has 2 N–H and O–H groups in total. The van der Waals surface area contributed by atoms with Crippen LogP contribution in [0.2, 0.25) is 10.0 Å². The summed E-state index contributed by atoms with van der Waals surface area (Å²) < 4.78 is 22.2. The fourth-order valence-corrected chi connectivity index (χ4v) is 2.44. The molecule has 7 heteroatoms. The van der Waals surface area contributed by atoms with Gasteiger partial charge in [0.15, 0.2) is 0 Å². The summed E-state index contributed by atoms with van der Waals surface area (Å²) in [5, 5.41) is 6.04. The molecule has 0 aliphatic rings. The molecule has 0 amide bonds. The van der Waals surface area contributed by atoms with Gasteiger partial charge in [-0.15, -0.1) is 0 Å². The quantitative estimate of drug-likeness (QED) is 0.877. The number of primary sulfonamides is 1. The normalized spacial score (nSPS) is 11.9. The fourth-order valence-electron chi connectivity index (χ4n) is 1.47. The van der Waals surface area contributed by atoms with Gasteiger partial charge in [0.1, 0.15) is 0 Å². The highest BCUT2D eigenvalue weighted by Gasteiger charge is 2.06. The van der Waals surface area contributed by atoms with Gasteiger partial charge in [-0.3, -0.25) is 4.99 Å². The first-order valence-corrected chi connectivity index (χ1v) is 7.78. The predicted molar refractivity (Wildman–Crippen MR) is 81.5 cm³/mol. The Hall–Kier alpha value is -1.40. The third kappa shape index (κ3) is 3.80. The van der Waals surface area contributed by atoms with E-state index in [1.807, 2.05) is 0 Å². The van der Waals surface area contributed by atoms with Crippen molar-refractivity contribution in [3.05, 3.63) is 58.1 Å². The minimum absolute atomic E-state index is 0.0426. The first-order chi connectivity index (χ1) is 9.36. The molecule has 0 aliphatic carbocycles. The molecule has 0 saturated carbocycles. The zero-order chi connectivity index (χ0) is 14.8. The summed E-state index contributed by atoms with van der Waals surface area (Å²) in [4.78, 5) is 4.24. The van der Waals surface area contributed by atoms with Gasteiger partial charge in [-0.05, 0) is 36.4 Å². The van der Waals surface area contributed by atoms with Crippen molar-refractivity contribution in [2.24, 2.45) is 10.1 Å². The number of hydrogen-bond donors (Lipinski definition) is 1. The van der Waals surface area contributed by atoms with Gasteiger partial charge in [-0.25, -0.2) is 13.6 Å². The Balaban J connectivity index is 2.24. The molecule has 2 aromatic carbocycles. The van der Waals surface area contributed by atoms with Gasteiger partial charge in [0.05, 0.1) is 15.6 Å². The van der Waals surface area contributed by atoms with Crippen LogP contribution < -0.4 is 5.14 Å². The molecule has 0 saturated heterocycles. The van der Waals surface area contributed by atoms with Crippen molar-refractivity contribution in [2.75, 3.05) is 0 Å². The van der Waals surface area contributed by atoms with E-state index in [9.17, 15) is 8.42 Å². The highest BCUT2D eigenvalue weighted by molar-refractivity contribution is 7.89. The highest BCUT2D eigenvalue weighted by Crippen LogP contribution is 2.21. The summed E-state index contributed by atoms with van der Waals surface area (Å²) in [6, 6.07) is 11.0. The molecule has 2 aromatic rings. The molecule has 0 aliphatic heterocycles. The Labute approximate surface area is 126 Å². The largest absolute Gasteiger partial charge is 0.256 e. The van der Waals surface area contributed by atoms with Crippen LogP contribution in [0.3, 0.4) is 0 Å². The van der Waals surface area contributed by atoms with Crippen molar-refractivity contribution in [2.45, 2.75) is 4.90 Å². The van der Waals surface area contributed by atoms with Crippen molar-refractivity contribution in [1.29, 1.82) is 0 Å². The molecule has 0 spiro atoms. The Kier molecular flexibility index (Phi) is 4.45. The van der Waals surface area contributed by atoms with Crippen molar-refractivity contribution >= 4 is 45.1 Å². The second-order valence-corrected chi connectivity index (χ2v) is 6.37. The smallest absolute Gasteiger partial charge is 0.238 e.